The number of benzene rings is 1. The Hall–Kier alpha value is -2.87. The van der Waals surface area contributed by atoms with Crippen LogP contribution in [0.4, 0.5) is 5.13 Å². The molecule has 1 aliphatic heterocycles. The number of methoxy groups -OCH3 is 1. The van der Waals surface area contributed by atoms with Gasteiger partial charge in [-0.15, -0.1) is 11.3 Å². The number of hydrogen-bond donors (Lipinski definition) is 1. The Bertz CT molecular complexity index is 961. The molecule has 0 aliphatic carbocycles. The number of carbonyl (C=O) groups excluding carboxylic acids is 1. The second-order valence-electron chi connectivity index (χ2n) is 7.26. The molecule has 0 radical (unpaired) electrons. The van der Waals surface area contributed by atoms with Crippen LogP contribution in [-0.4, -0.2) is 42.6 Å². The van der Waals surface area contributed by atoms with Crippen molar-refractivity contribution in [2.75, 3.05) is 31.6 Å². The molecule has 3 heterocycles. The molecular formula is C22H26N4O3S. The molecule has 1 fully saturated rings. The summed E-state index contributed by atoms with van der Waals surface area (Å²) in [6.07, 6.45) is 5.75. The minimum Gasteiger partial charge on any atom is -0.497 e. The van der Waals surface area contributed by atoms with Gasteiger partial charge in [-0.2, -0.15) is 0 Å². The summed E-state index contributed by atoms with van der Waals surface area (Å²) in [6.45, 7) is 2.79. The third-order valence-electron chi connectivity index (χ3n) is 5.11. The lowest BCUT2D eigenvalue weighted by Gasteiger charge is -2.12. The smallest absolute Gasteiger partial charge is 0.220 e. The first-order valence-electron chi connectivity index (χ1n) is 10.3. The van der Waals surface area contributed by atoms with Crippen molar-refractivity contribution in [2.45, 2.75) is 32.1 Å². The number of ether oxygens (including phenoxy) is 1. The van der Waals surface area contributed by atoms with Gasteiger partial charge in [0.1, 0.15) is 5.75 Å². The van der Waals surface area contributed by atoms with Gasteiger partial charge < -0.3 is 19.4 Å². The molecule has 3 aromatic rings. The molecule has 158 valence electrons. The Labute approximate surface area is 180 Å². The number of aromatic nitrogens is 2. The van der Waals surface area contributed by atoms with E-state index >= 15 is 0 Å². The van der Waals surface area contributed by atoms with E-state index in [-0.39, 0.29) is 5.91 Å². The van der Waals surface area contributed by atoms with Crippen molar-refractivity contribution in [2.24, 2.45) is 0 Å². The molecule has 0 spiro atoms. The molecular weight excluding hydrogens is 400 g/mol. The highest BCUT2D eigenvalue weighted by molar-refractivity contribution is 7.13. The van der Waals surface area contributed by atoms with Crippen LogP contribution in [0.3, 0.4) is 0 Å². The second kappa shape index (κ2) is 9.75. The fourth-order valence-corrected chi connectivity index (χ4v) is 4.33. The predicted molar refractivity (Wildman–Crippen MR) is 117 cm³/mol. The highest BCUT2D eigenvalue weighted by atomic mass is 32.1. The zero-order valence-corrected chi connectivity index (χ0v) is 17.9. The van der Waals surface area contributed by atoms with Crippen LogP contribution in [0.25, 0.3) is 11.3 Å². The minimum absolute atomic E-state index is 0.00538. The number of nitrogens with one attached hydrogen (secondary N) is 1. The van der Waals surface area contributed by atoms with Crippen LogP contribution in [0.15, 0.2) is 40.3 Å². The summed E-state index contributed by atoms with van der Waals surface area (Å²) < 4.78 is 10.9. The first kappa shape index (κ1) is 20.4. The normalized spacial score (nSPS) is 13.6. The van der Waals surface area contributed by atoms with Gasteiger partial charge in [0, 0.05) is 49.8 Å². The van der Waals surface area contributed by atoms with Crippen molar-refractivity contribution >= 4 is 22.4 Å². The van der Waals surface area contributed by atoms with Crippen LogP contribution in [-0.2, 0) is 17.6 Å². The van der Waals surface area contributed by atoms with E-state index in [1.165, 1.54) is 12.8 Å². The van der Waals surface area contributed by atoms with Crippen molar-refractivity contribution in [3.8, 4) is 17.1 Å². The molecule has 7 nitrogen and oxygen atoms in total. The van der Waals surface area contributed by atoms with Gasteiger partial charge in [0.25, 0.3) is 0 Å². The van der Waals surface area contributed by atoms with Gasteiger partial charge in [0.05, 0.1) is 19.0 Å². The molecule has 8 heteroatoms. The number of aryl methyl sites for hydroxylation is 1. The number of rotatable bonds is 9. The quantitative estimate of drug-likeness (QED) is 0.562. The third-order valence-corrected chi connectivity index (χ3v) is 6.06. The summed E-state index contributed by atoms with van der Waals surface area (Å²) in [6, 6.07) is 7.59. The van der Waals surface area contributed by atoms with Crippen LogP contribution in [0, 0.1) is 0 Å². The van der Waals surface area contributed by atoms with E-state index in [0.717, 1.165) is 41.6 Å². The summed E-state index contributed by atoms with van der Waals surface area (Å²) in [5.74, 6) is 2.03. The van der Waals surface area contributed by atoms with E-state index in [0.29, 0.717) is 31.0 Å². The average molecular weight is 427 g/mol. The van der Waals surface area contributed by atoms with Gasteiger partial charge in [-0.1, -0.05) is 0 Å². The average Bonchev–Trinajstić information content (AvgIpc) is 3.54. The maximum absolute atomic E-state index is 12.1. The fourth-order valence-electron chi connectivity index (χ4n) is 3.42. The van der Waals surface area contributed by atoms with E-state index in [1.807, 2.05) is 24.3 Å². The molecule has 1 aromatic carbocycles. The summed E-state index contributed by atoms with van der Waals surface area (Å²) in [5, 5.41) is 6.15. The maximum atomic E-state index is 12.1. The summed E-state index contributed by atoms with van der Waals surface area (Å²) in [4.78, 5) is 23.5. The molecule has 1 saturated heterocycles. The molecule has 0 saturated carbocycles. The minimum atomic E-state index is -0.00538. The molecule has 30 heavy (non-hydrogen) atoms. The van der Waals surface area contributed by atoms with E-state index in [4.69, 9.17) is 9.15 Å². The van der Waals surface area contributed by atoms with Gasteiger partial charge in [0.2, 0.25) is 5.91 Å². The summed E-state index contributed by atoms with van der Waals surface area (Å²) in [5.41, 5.74) is 1.97. The molecule has 0 atom stereocenters. The number of thiazole rings is 1. The van der Waals surface area contributed by atoms with Crippen LogP contribution < -0.4 is 15.0 Å². The first-order chi connectivity index (χ1) is 14.7. The zero-order valence-electron chi connectivity index (χ0n) is 17.1. The number of carbonyl (C=O) groups is 1. The largest absolute Gasteiger partial charge is 0.497 e. The first-order valence-corrected chi connectivity index (χ1v) is 11.1. The van der Waals surface area contributed by atoms with Crippen LogP contribution in [0.5, 0.6) is 5.75 Å². The molecule has 2 aromatic heterocycles. The second-order valence-corrected chi connectivity index (χ2v) is 8.10. The van der Waals surface area contributed by atoms with Crippen LogP contribution >= 0.6 is 11.3 Å². The SMILES string of the molecule is COc1ccc(-c2cnc(CCC(=O)NCCc3csc(N4CCCC4)n3)o2)cc1. The highest BCUT2D eigenvalue weighted by Crippen LogP contribution is 2.25. The number of amides is 1. The Morgan fingerprint density at radius 1 is 1.23 bits per heavy atom. The van der Waals surface area contributed by atoms with Crippen LogP contribution in [0.1, 0.15) is 30.8 Å². The number of hydrogen-bond acceptors (Lipinski definition) is 7. The van der Waals surface area contributed by atoms with Crippen molar-refractivity contribution in [3.05, 3.63) is 47.4 Å². The van der Waals surface area contributed by atoms with Crippen LogP contribution in [0.2, 0.25) is 0 Å². The molecule has 1 amide bonds. The Morgan fingerprint density at radius 2 is 2.03 bits per heavy atom. The van der Waals surface area contributed by atoms with E-state index in [1.54, 1.807) is 24.6 Å². The lowest BCUT2D eigenvalue weighted by atomic mass is 10.2. The lowest BCUT2D eigenvalue weighted by Crippen LogP contribution is -2.26. The molecule has 1 N–H and O–H groups in total. The highest BCUT2D eigenvalue weighted by Gasteiger charge is 2.15. The van der Waals surface area contributed by atoms with Crippen molar-refractivity contribution in [1.29, 1.82) is 0 Å². The van der Waals surface area contributed by atoms with Gasteiger partial charge >= 0.3 is 0 Å². The van der Waals surface area contributed by atoms with E-state index in [2.05, 4.69) is 25.6 Å². The molecule has 0 unspecified atom stereocenters. The number of anilines is 1. The Balaban J connectivity index is 1.19. The van der Waals surface area contributed by atoms with Crippen molar-refractivity contribution in [1.82, 2.24) is 15.3 Å². The standard InChI is InChI=1S/C22H26N4O3S/c1-28-18-6-4-16(5-7-18)19-14-24-21(29-19)9-8-20(27)23-11-10-17-15-30-22(25-17)26-12-2-3-13-26/h4-7,14-15H,2-3,8-13H2,1H3,(H,23,27). The lowest BCUT2D eigenvalue weighted by molar-refractivity contribution is -0.121. The number of oxazole rings is 1. The number of nitrogens with zero attached hydrogens (tertiary/aromatic N) is 3. The fraction of sp³-hybridized carbons (Fsp3) is 0.409. The molecule has 0 bridgehead atoms. The zero-order chi connectivity index (χ0) is 20.8. The maximum Gasteiger partial charge on any atom is 0.220 e. The predicted octanol–water partition coefficient (Wildman–Crippen LogP) is 3.70. The van der Waals surface area contributed by atoms with Gasteiger partial charge in [-0.3, -0.25) is 4.79 Å². The van der Waals surface area contributed by atoms with Gasteiger partial charge in [-0.05, 0) is 37.1 Å². The van der Waals surface area contributed by atoms with E-state index < -0.39 is 0 Å². The van der Waals surface area contributed by atoms with Crippen molar-refractivity contribution < 1.29 is 13.9 Å². The summed E-state index contributed by atoms with van der Waals surface area (Å²) in [7, 11) is 1.63. The topological polar surface area (TPSA) is 80.5 Å². The van der Waals surface area contributed by atoms with E-state index in [9.17, 15) is 4.79 Å². The Kier molecular flexibility index (Phi) is 6.63. The van der Waals surface area contributed by atoms with Crippen molar-refractivity contribution in [3.63, 3.8) is 0 Å². The summed E-state index contributed by atoms with van der Waals surface area (Å²) >= 11 is 1.69. The molecule has 1 aliphatic rings. The van der Waals surface area contributed by atoms with Gasteiger partial charge in [-0.25, -0.2) is 9.97 Å². The molecule has 4 rings (SSSR count). The monoisotopic (exact) mass is 426 g/mol. The van der Waals surface area contributed by atoms with Gasteiger partial charge in [0.15, 0.2) is 16.8 Å². The Morgan fingerprint density at radius 3 is 2.80 bits per heavy atom. The third kappa shape index (κ3) is 5.18.